The number of hydrogen-bond donors (Lipinski definition) is 1. The summed E-state index contributed by atoms with van der Waals surface area (Å²) in [6.45, 7) is 7.07. The molecule has 2 aliphatic heterocycles. The normalized spacial score (nSPS) is 24.2. The van der Waals surface area contributed by atoms with E-state index in [-0.39, 0.29) is 23.0 Å². The van der Waals surface area contributed by atoms with Crippen molar-refractivity contribution in [1.82, 2.24) is 5.32 Å². The molecular weight excluding hydrogens is 394 g/mol. The Morgan fingerprint density at radius 1 is 1.03 bits per heavy atom. The van der Waals surface area contributed by atoms with E-state index >= 15 is 0 Å². The lowest BCUT2D eigenvalue weighted by molar-refractivity contribution is -0.155. The molecule has 2 heterocycles. The summed E-state index contributed by atoms with van der Waals surface area (Å²) >= 11 is 0. The summed E-state index contributed by atoms with van der Waals surface area (Å²) in [6.07, 6.45) is 1.22. The van der Waals surface area contributed by atoms with Crippen molar-refractivity contribution >= 4 is 30.6 Å². The monoisotopic (exact) mass is 423 g/mol. The maximum Gasteiger partial charge on any atom is 0.307 e. The Hall–Kier alpha value is -2.44. The first-order valence-electron chi connectivity index (χ1n) is 10.5. The molecule has 0 saturated carbocycles. The van der Waals surface area contributed by atoms with E-state index in [0.29, 0.717) is 25.9 Å². The van der Waals surface area contributed by atoms with Crippen LogP contribution < -0.4 is 15.7 Å². The summed E-state index contributed by atoms with van der Waals surface area (Å²) in [6, 6.07) is 20.7. The number of nitrogens with one attached hydrogen (secondary N) is 1. The lowest BCUT2D eigenvalue weighted by Crippen LogP contribution is -2.67. The highest BCUT2D eigenvalue weighted by Gasteiger charge is 2.55. The third-order valence-corrected chi connectivity index (χ3v) is 11.3. The molecule has 1 amide bonds. The highest BCUT2D eigenvalue weighted by atomic mass is 28.4. The molecule has 0 aliphatic carbocycles. The number of benzene rings is 2. The zero-order chi connectivity index (χ0) is 21.4. The van der Waals surface area contributed by atoms with Gasteiger partial charge in [0.1, 0.15) is 0 Å². The second-order valence-corrected chi connectivity index (χ2v) is 13.6. The van der Waals surface area contributed by atoms with Gasteiger partial charge in [0.25, 0.3) is 14.2 Å². The molecule has 2 saturated heterocycles. The van der Waals surface area contributed by atoms with Crippen LogP contribution in [0.25, 0.3) is 0 Å². The second kappa shape index (κ2) is 7.67. The van der Waals surface area contributed by atoms with Crippen LogP contribution in [-0.2, 0) is 18.8 Å². The largest absolute Gasteiger partial charge is 0.449 e. The van der Waals surface area contributed by atoms with Gasteiger partial charge in [0.2, 0.25) is 0 Å². The Morgan fingerprint density at radius 2 is 1.60 bits per heavy atom. The maximum absolute atomic E-state index is 12.6. The van der Waals surface area contributed by atoms with E-state index in [2.05, 4.69) is 74.6 Å². The molecule has 1 N–H and O–H groups in total. The average Bonchev–Trinajstić information content (AvgIpc) is 3.24. The summed E-state index contributed by atoms with van der Waals surface area (Å²) in [4.78, 5) is 24.2. The first kappa shape index (κ1) is 20.8. The zero-order valence-corrected chi connectivity index (χ0v) is 18.8. The van der Waals surface area contributed by atoms with Gasteiger partial charge >= 0.3 is 5.97 Å². The van der Waals surface area contributed by atoms with Gasteiger partial charge in [-0.2, -0.15) is 0 Å². The second-order valence-electron chi connectivity index (χ2n) is 9.32. The van der Waals surface area contributed by atoms with Gasteiger partial charge in [0.05, 0.1) is 12.6 Å². The molecule has 0 aromatic heterocycles. The SMILES string of the molecule is CC(C)(C)[Si](OC[C@@H]1C[C@@]2(CCC(=O)O2)C(=O)N1)(c1ccccc1)c1ccccc1. The molecule has 1 spiro atoms. The van der Waals surface area contributed by atoms with Gasteiger partial charge in [-0.1, -0.05) is 81.4 Å². The van der Waals surface area contributed by atoms with Crippen molar-refractivity contribution in [3.8, 4) is 0 Å². The Morgan fingerprint density at radius 3 is 2.07 bits per heavy atom. The van der Waals surface area contributed by atoms with Gasteiger partial charge in [-0.15, -0.1) is 0 Å². The number of esters is 1. The molecular formula is C24H29NO4Si. The molecule has 0 radical (unpaired) electrons. The van der Waals surface area contributed by atoms with Crippen LogP contribution in [0.3, 0.4) is 0 Å². The standard InChI is InChI=1S/C24H29NO4Si/c1-23(2,3)30(19-10-6-4-7-11-19,20-12-8-5-9-13-20)28-17-18-16-24(22(27)25-18)15-14-21(26)29-24/h4-13,18H,14-17H2,1-3H3,(H,25,27)/t18-,24-/m0/s1. The summed E-state index contributed by atoms with van der Waals surface area (Å²) in [5, 5.41) is 5.29. The number of rotatable bonds is 5. The minimum atomic E-state index is -2.66. The molecule has 0 bridgehead atoms. The molecule has 6 heteroatoms. The number of hydrogen-bond acceptors (Lipinski definition) is 4. The van der Waals surface area contributed by atoms with E-state index < -0.39 is 13.9 Å². The lowest BCUT2D eigenvalue weighted by Gasteiger charge is -2.43. The molecule has 2 fully saturated rings. The smallest absolute Gasteiger partial charge is 0.307 e. The van der Waals surface area contributed by atoms with Crippen molar-refractivity contribution in [1.29, 1.82) is 0 Å². The van der Waals surface area contributed by atoms with Crippen molar-refractivity contribution in [3.05, 3.63) is 60.7 Å². The van der Waals surface area contributed by atoms with Gasteiger partial charge in [-0.25, -0.2) is 0 Å². The van der Waals surface area contributed by atoms with E-state index in [4.69, 9.17) is 9.16 Å². The molecule has 4 rings (SSSR count). The van der Waals surface area contributed by atoms with Crippen LogP contribution in [0.15, 0.2) is 60.7 Å². The molecule has 2 aromatic carbocycles. The highest BCUT2D eigenvalue weighted by Crippen LogP contribution is 2.39. The summed E-state index contributed by atoms with van der Waals surface area (Å²) in [5.74, 6) is -0.483. The van der Waals surface area contributed by atoms with Gasteiger partial charge in [-0.3, -0.25) is 9.59 Å². The van der Waals surface area contributed by atoms with Crippen molar-refractivity contribution in [3.63, 3.8) is 0 Å². The highest BCUT2D eigenvalue weighted by molar-refractivity contribution is 6.99. The third-order valence-electron chi connectivity index (χ3n) is 6.29. The van der Waals surface area contributed by atoms with Crippen LogP contribution in [0.4, 0.5) is 0 Å². The van der Waals surface area contributed by atoms with E-state index in [0.717, 1.165) is 0 Å². The number of ether oxygens (including phenoxy) is 1. The average molecular weight is 424 g/mol. The molecule has 2 aromatic rings. The predicted octanol–water partition coefficient (Wildman–Crippen LogP) is 2.53. The lowest BCUT2D eigenvalue weighted by atomic mass is 9.96. The molecule has 0 unspecified atom stereocenters. The van der Waals surface area contributed by atoms with Gasteiger partial charge in [-0.05, 0) is 15.4 Å². The minimum absolute atomic E-state index is 0.129. The van der Waals surface area contributed by atoms with E-state index in [1.165, 1.54) is 10.4 Å². The Balaban J connectivity index is 1.66. The zero-order valence-electron chi connectivity index (χ0n) is 17.8. The molecule has 2 atom stereocenters. The number of carbonyl (C=O) groups is 2. The van der Waals surface area contributed by atoms with E-state index in [1.54, 1.807) is 0 Å². The quantitative estimate of drug-likeness (QED) is 0.593. The Labute approximate surface area is 178 Å². The summed E-state index contributed by atoms with van der Waals surface area (Å²) in [7, 11) is -2.66. The molecule has 30 heavy (non-hydrogen) atoms. The topological polar surface area (TPSA) is 64.6 Å². The fraction of sp³-hybridized carbons (Fsp3) is 0.417. The van der Waals surface area contributed by atoms with E-state index in [1.807, 2.05) is 12.1 Å². The van der Waals surface area contributed by atoms with Gasteiger partial charge < -0.3 is 14.5 Å². The number of carbonyl (C=O) groups excluding carboxylic acids is 2. The van der Waals surface area contributed by atoms with Crippen LogP contribution in [0.2, 0.25) is 5.04 Å². The van der Waals surface area contributed by atoms with Crippen LogP contribution in [0.1, 0.15) is 40.0 Å². The molecule has 5 nitrogen and oxygen atoms in total. The van der Waals surface area contributed by atoms with Crippen molar-refractivity contribution in [2.24, 2.45) is 0 Å². The van der Waals surface area contributed by atoms with Crippen LogP contribution in [0.5, 0.6) is 0 Å². The van der Waals surface area contributed by atoms with Gasteiger partial charge in [0.15, 0.2) is 5.60 Å². The Bertz CT molecular complexity index is 886. The minimum Gasteiger partial charge on any atom is -0.449 e. The predicted molar refractivity (Wildman–Crippen MR) is 118 cm³/mol. The number of amides is 1. The van der Waals surface area contributed by atoms with E-state index in [9.17, 15) is 9.59 Å². The fourth-order valence-electron chi connectivity index (χ4n) is 4.87. The maximum atomic E-state index is 12.6. The van der Waals surface area contributed by atoms with Crippen LogP contribution in [0, 0.1) is 0 Å². The van der Waals surface area contributed by atoms with Crippen molar-refractivity contribution in [2.45, 2.75) is 56.7 Å². The molecule has 2 aliphatic rings. The first-order valence-corrected chi connectivity index (χ1v) is 12.5. The fourth-order valence-corrected chi connectivity index (χ4v) is 9.48. The van der Waals surface area contributed by atoms with Crippen LogP contribution in [-0.4, -0.2) is 38.4 Å². The third kappa shape index (κ3) is 3.48. The van der Waals surface area contributed by atoms with Crippen molar-refractivity contribution in [2.75, 3.05) is 6.61 Å². The summed E-state index contributed by atoms with van der Waals surface area (Å²) < 4.78 is 12.3. The van der Waals surface area contributed by atoms with Gasteiger partial charge in [0, 0.05) is 19.3 Å². The van der Waals surface area contributed by atoms with Crippen LogP contribution >= 0.6 is 0 Å². The van der Waals surface area contributed by atoms with Crippen molar-refractivity contribution < 1.29 is 18.8 Å². The first-order chi connectivity index (χ1) is 14.3. The molecule has 158 valence electrons. The summed E-state index contributed by atoms with van der Waals surface area (Å²) in [5.41, 5.74) is -1.00. The Kier molecular flexibility index (Phi) is 5.32.